The lowest BCUT2D eigenvalue weighted by molar-refractivity contribution is 0.0953. The molecule has 2 N–H and O–H groups in total. The normalized spacial score (nSPS) is 10.8. The average Bonchev–Trinajstić information content (AvgIpc) is 2.80. The predicted molar refractivity (Wildman–Crippen MR) is 71.6 cm³/mol. The number of rotatable bonds is 3. The summed E-state index contributed by atoms with van der Waals surface area (Å²) in [6.45, 7) is 1.68. The van der Waals surface area contributed by atoms with Gasteiger partial charge in [-0.05, 0) is 31.2 Å². The molecule has 0 unspecified atom stereocenters. The van der Waals surface area contributed by atoms with E-state index in [1.165, 1.54) is 24.6 Å². The number of hydrazone groups is 1. The van der Waals surface area contributed by atoms with Crippen LogP contribution in [0.5, 0.6) is 5.75 Å². The molecule has 1 aromatic carbocycles. The van der Waals surface area contributed by atoms with Gasteiger partial charge in [-0.1, -0.05) is 11.6 Å². The number of benzene rings is 1. The molecule has 0 aliphatic heterocycles. The fourth-order valence-corrected chi connectivity index (χ4v) is 1.65. The molecule has 6 heteroatoms. The molecular formula is C13H11ClN2O3. The summed E-state index contributed by atoms with van der Waals surface area (Å²) >= 11 is 5.79. The number of phenols is 1. The maximum absolute atomic E-state index is 11.7. The van der Waals surface area contributed by atoms with Crippen LogP contribution in [0.2, 0.25) is 5.02 Å². The molecule has 0 fully saturated rings. The van der Waals surface area contributed by atoms with Crippen molar-refractivity contribution in [2.45, 2.75) is 6.92 Å². The highest BCUT2D eigenvalue weighted by atomic mass is 35.5. The third-order valence-electron chi connectivity index (χ3n) is 2.46. The Balaban J connectivity index is 2.06. The topological polar surface area (TPSA) is 74.8 Å². The van der Waals surface area contributed by atoms with Crippen LogP contribution in [0, 0.1) is 6.92 Å². The van der Waals surface area contributed by atoms with E-state index in [4.69, 9.17) is 16.0 Å². The Kier molecular flexibility index (Phi) is 3.87. The summed E-state index contributed by atoms with van der Waals surface area (Å²) in [5.74, 6) is 0.157. The summed E-state index contributed by atoms with van der Waals surface area (Å²) in [4.78, 5) is 11.7. The van der Waals surface area contributed by atoms with Crippen LogP contribution < -0.4 is 5.43 Å². The third-order valence-corrected chi connectivity index (χ3v) is 2.70. The van der Waals surface area contributed by atoms with Gasteiger partial charge < -0.3 is 9.52 Å². The van der Waals surface area contributed by atoms with E-state index in [1.54, 1.807) is 19.1 Å². The zero-order valence-electron chi connectivity index (χ0n) is 10.1. The Bertz CT molecular complexity index is 635. The lowest BCUT2D eigenvalue weighted by Crippen LogP contribution is -2.17. The Morgan fingerprint density at radius 3 is 2.95 bits per heavy atom. The summed E-state index contributed by atoms with van der Waals surface area (Å²) in [6.07, 6.45) is 2.74. The Morgan fingerprint density at radius 1 is 1.47 bits per heavy atom. The van der Waals surface area contributed by atoms with E-state index in [1.807, 2.05) is 0 Å². The molecule has 0 aliphatic carbocycles. The van der Waals surface area contributed by atoms with Gasteiger partial charge in [0.2, 0.25) is 0 Å². The molecule has 0 spiro atoms. The fourth-order valence-electron chi connectivity index (χ4n) is 1.47. The fraction of sp³-hybridized carbons (Fsp3) is 0.0769. The number of phenolic OH excluding ortho intramolecular Hbond substituents is 1. The Labute approximate surface area is 114 Å². The minimum atomic E-state index is -0.385. The first kappa shape index (κ1) is 13.2. The molecule has 0 atom stereocenters. The molecule has 1 heterocycles. The van der Waals surface area contributed by atoms with Gasteiger partial charge in [-0.15, -0.1) is 0 Å². The van der Waals surface area contributed by atoms with Crippen LogP contribution in [0.4, 0.5) is 0 Å². The van der Waals surface area contributed by atoms with Crippen LogP contribution in [0.25, 0.3) is 0 Å². The van der Waals surface area contributed by atoms with Crippen LogP contribution in [-0.2, 0) is 0 Å². The van der Waals surface area contributed by atoms with E-state index in [0.29, 0.717) is 21.9 Å². The molecule has 0 bridgehead atoms. The maximum atomic E-state index is 11.7. The van der Waals surface area contributed by atoms with Crippen molar-refractivity contribution in [3.8, 4) is 5.75 Å². The standard InChI is InChI=1S/C13H11ClN2O3/c1-8-11(4-5-19-8)13(18)16-15-7-9-6-10(14)2-3-12(9)17/h2-7,17H,1H3,(H,16,18)/b15-7+. The van der Waals surface area contributed by atoms with Gasteiger partial charge in [-0.2, -0.15) is 5.10 Å². The van der Waals surface area contributed by atoms with Crippen molar-refractivity contribution in [2.75, 3.05) is 0 Å². The Morgan fingerprint density at radius 2 is 2.26 bits per heavy atom. The molecule has 0 aliphatic rings. The lowest BCUT2D eigenvalue weighted by atomic mass is 10.2. The third kappa shape index (κ3) is 3.14. The second-order valence-corrected chi connectivity index (χ2v) is 4.23. The predicted octanol–water partition coefficient (Wildman–Crippen LogP) is 2.71. The number of carbonyl (C=O) groups is 1. The molecule has 1 aromatic heterocycles. The first-order chi connectivity index (χ1) is 9.08. The number of hydrogen-bond donors (Lipinski definition) is 2. The van der Waals surface area contributed by atoms with Gasteiger partial charge in [0.15, 0.2) is 0 Å². The summed E-state index contributed by atoms with van der Waals surface area (Å²) in [5, 5.41) is 13.8. The molecule has 2 aromatic rings. The van der Waals surface area contributed by atoms with Crippen molar-refractivity contribution >= 4 is 23.7 Å². The SMILES string of the molecule is Cc1occc1C(=O)N/N=C/c1cc(Cl)ccc1O. The molecule has 0 saturated carbocycles. The highest BCUT2D eigenvalue weighted by Crippen LogP contribution is 2.19. The van der Waals surface area contributed by atoms with E-state index in [-0.39, 0.29) is 11.7 Å². The van der Waals surface area contributed by atoms with Gasteiger partial charge in [0.1, 0.15) is 11.5 Å². The minimum absolute atomic E-state index is 0.0295. The van der Waals surface area contributed by atoms with Crippen molar-refractivity contribution in [3.63, 3.8) is 0 Å². The highest BCUT2D eigenvalue weighted by Gasteiger charge is 2.09. The van der Waals surface area contributed by atoms with Gasteiger partial charge in [0, 0.05) is 10.6 Å². The summed E-state index contributed by atoms with van der Waals surface area (Å²) in [7, 11) is 0. The van der Waals surface area contributed by atoms with Gasteiger partial charge in [0.05, 0.1) is 18.0 Å². The van der Waals surface area contributed by atoms with Gasteiger partial charge >= 0.3 is 0 Å². The molecule has 0 radical (unpaired) electrons. The van der Waals surface area contributed by atoms with Crippen LogP contribution in [0.15, 0.2) is 40.0 Å². The summed E-state index contributed by atoms with van der Waals surface area (Å²) in [6, 6.07) is 6.10. The number of hydrogen-bond acceptors (Lipinski definition) is 4. The van der Waals surface area contributed by atoms with Crippen molar-refractivity contribution in [1.82, 2.24) is 5.43 Å². The van der Waals surface area contributed by atoms with E-state index in [2.05, 4.69) is 10.5 Å². The number of aromatic hydroxyl groups is 1. The first-order valence-corrected chi connectivity index (χ1v) is 5.82. The van der Waals surface area contributed by atoms with E-state index >= 15 is 0 Å². The van der Waals surface area contributed by atoms with Gasteiger partial charge in [-0.25, -0.2) is 5.43 Å². The molecule has 0 saturated heterocycles. The molecule has 19 heavy (non-hydrogen) atoms. The largest absolute Gasteiger partial charge is 0.507 e. The monoisotopic (exact) mass is 278 g/mol. The summed E-state index contributed by atoms with van der Waals surface area (Å²) in [5.41, 5.74) is 3.16. The van der Waals surface area contributed by atoms with E-state index in [9.17, 15) is 9.90 Å². The van der Waals surface area contributed by atoms with Crippen molar-refractivity contribution in [1.29, 1.82) is 0 Å². The second kappa shape index (κ2) is 5.58. The van der Waals surface area contributed by atoms with Gasteiger partial charge in [-0.3, -0.25) is 4.79 Å². The van der Waals surface area contributed by atoms with Crippen LogP contribution >= 0.6 is 11.6 Å². The summed E-state index contributed by atoms with van der Waals surface area (Å²) < 4.78 is 5.01. The zero-order valence-corrected chi connectivity index (χ0v) is 10.8. The second-order valence-electron chi connectivity index (χ2n) is 3.79. The van der Waals surface area contributed by atoms with Crippen LogP contribution in [0.3, 0.4) is 0 Å². The van der Waals surface area contributed by atoms with Crippen LogP contribution in [0.1, 0.15) is 21.7 Å². The lowest BCUT2D eigenvalue weighted by Gasteiger charge is -2.00. The smallest absolute Gasteiger partial charge is 0.274 e. The molecular weight excluding hydrogens is 268 g/mol. The molecule has 1 amide bonds. The van der Waals surface area contributed by atoms with Gasteiger partial charge in [0.25, 0.3) is 5.91 Å². The van der Waals surface area contributed by atoms with E-state index in [0.717, 1.165) is 0 Å². The molecule has 98 valence electrons. The zero-order chi connectivity index (χ0) is 13.8. The average molecular weight is 279 g/mol. The number of nitrogens with one attached hydrogen (secondary N) is 1. The van der Waals surface area contributed by atoms with Crippen LogP contribution in [-0.4, -0.2) is 17.2 Å². The minimum Gasteiger partial charge on any atom is -0.507 e. The van der Waals surface area contributed by atoms with E-state index < -0.39 is 0 Å². The molecule has 5 nitrogen and oxygen atoms in total. The first-order valence-electron chi connectivity index (χ1n) is 5.44. The number of furan rings is 1. The quantitative estimate of drug-likeness (QED) is 0.669. The Hall–Kier alpha value is -2.27. The van der Waals surface area contributed by atoms with Crippen molar-refractivity contribution < 1.29 is 14.3 Å². The number of aryl methyl sites for hydroxylation is 1. The number of halogens is 1. The molecule has 2 rings (SSSR count). The maximum Gasteiger partial charge on any atom is 0.274 e. The highest BCUT2D eigenvalue weighted by molar-refractivity contribution is 6.30. The van der Waals surface area contributed by atoms with Crippen molar-refractivity contribution in [2.24, 2.45) is 5.10 Å². The number of carbonyl (C=O) groups excluding carboxylic acids is 1. The number of amides is 1. The number of nitrogens with zero attached hydrogens (tertiary/aromatic N) is 1. The van der Waals surface area contributed by atoms with Crippen molar-refractivity contribution in [3.05, 3.63) is 52.4 Å².